The average Bonchev–Trinajstić information content (AvgIpc) is 3.47. The molecule has 11 aromatic rings. The molecule has 0 aliphatic carbocycles. The Bertz CT molecular complexity index is 3370. The summed E-state index contributed by atoms with van der Waals surface area (Å²) in [6, 6.07) is 99.2. The van der Waals surface area contributed by atoms with E-state index in [1.807, 2.05) is 212 Å². The molecule has 0 spiro atoms. The molecular formula is C68H49N3O2. The number of carbonyl (C=O) groups is 2. The van der Waals surface area contributed by atoms with Crippen LogP contribution in [0.4, 0.5) is 51.2 Å². The standard InChI is InChI=1S/C68H49N3O2/c72-67(52-26-20-24-50(46-52)63-42-16-18-44-65(63)70(57-32-8-2-9-33-57)58-34-10-3-11-35-58)54-28-22-40-61(48-54)69(56-30-6-1-7-31-56)62-41-23-29-55(49-62)68(73)53-27-21-25-51(47-53)64-43-17-19-45-66(64)71(59-36-12-4-13-37-59)60-38-14-5-15-39-60/h1-49H. The number of carbonyl (C=O) groups excluding carboxylic acids is 2. The quantitative estimate of drug-likeness (QED) is 0.0958. The first kappa shape index (κ1) is 45.6. The Morgan fingerprint density at radius 3 is 0.822 bits per heavy atom. The summed E-state index contributed by atoms with van der Waals surface area (Å²) in [5.74, 6) is -0.198. The number of hydrogen-bond donors (Lipinski definition) is 0. The number of para-hydroxylation sites is 7. The van der Waals surface area contributed by atoms with E-state index in [4.69, 9.17) is 0 Å². The van der Waals surface area contributed by atoms with Crippen LogP contribution in [0.2, 0.25) is 0 Å². The second kappa shape index (κ2) is 21.0. The largest absolute Gasteiger partial charge is 0.310 e. The molecule has 0 amide bonds. The molecule has 0 fully saturated rings. The van der Waals surface area contributed by atoms with E-state index in [1.54, 1.807) is 0 Å². The van der Waals surface area contributed by atoms with Crippen molar-refractivity contribution < 1.29 is 9.59 Å². The predicted molar refractivity (Wildman–Crippen MR) is 301 cm³/mol. The van der Waals surface area contributed by atoms with Crippen LogP contribution in [0.15, 0.2) is 297 Å². The molecule has 5 nitrogen and oxygen atoms in total. The van der Waals surface area contributed by atoms with Gasteiger partial charge in [-0.3, -0.25) is 9.59 Å². The van der Waals surface area contributed by atoms with Gasteiger partial charge in [0.25, 0.3) is 0 Å². The van der Waals surface area contributed by atoms with Gasteiger partial charge in [-0.25, -0.2) is 0 Å². The zero-order valence-electron chi connectivity index (χ0n) is 39.9. The van der Waals surface area contributed by atoms with E-state index in [1.165, 1.54) is 0 Å². The van der Waals surface area contributed by atoms with Crippen LogP contribution in [-0.2, 0) is 0 Å². The van der Waals surface area contributed by atoms with Gasteiger partial charge in [0.2, 0.25) is 0 Å². The number of ketones is 2. The van der Waals surface area contributed by atoms with Crippen LogP contribution in [0.5, 0.6) is 0 Å². The summed E-state index contributed by atoms with van der Waals surface area (Å²) in [5.41, 5.74) is 14.7. The molecule has 0 aliphatic heterocycles. The summed E-state index contributed by atoms with van der Waals surface area (Å²) in [5, 5.41) is 0. The normalized spacial score (nSPS) is 10.8. The van der Waals surface area contributed by atoms with E-state index in [0.29, 0.717) is 22.3 Å². The van der Waals surface area contributed by atoms with Gasteiger partial charge >= 0.3 is 0 Å². The molecule has 0 aliphatic rings. The van der Waals surface area contributed by atoms with Gasteiger partial charge in [-0.1, -0.05) is 188 Å². The van der Waals surface area contributed by atoms with Crippen molar-refractivity contribution in [2.24, 2.45) is 0 Å². The third-order valence-electron chi connectivity index (χ3n) is 13.0. The molecule has 0 radical (unpaired) electrons. The highest BCUT2D eigenvalue weighted by atomic mass is 16.1. The summed E-state index contributed by atoms with van der Waals surface area (Å²) < 4.78 is 0. The molecule has 11 aromatic carbocycles. The number of anilines is 9. The summed E-state index contributed by atoms with van der Waals surface area (Å²) in [4.78, 5) is 36.0. The minimum atomic E-state index is -0.0989. The third kappa shape index (κ3) is 9.72. The Kier molecular flexibility index (Phi) is 13.1. The Labute approximate surface area is 426 Å². The Balaban J connectivity index is 0.911. The van der Waals surface area contributed by atoms with Crippen LogP contribution in [0.3, 0.4) is 0 Å². The highest BCUT2D eigenvalue weighted by Gasteiger charge is 2.22. The van der Waals surface area contributed by atoms with Crippen LogP contribution in [-0.4, -0.2) is 11.6 Å². The summed E-state index contributed by atoms with van der Waals surface area (Å²) >= 11 is 0. The Hall–Kier alpha value is -9.84. The molecule has 5 heteroatoms. The zero-order chi connectivity index (χ0) is 49.3. The second-order valence-corrected chi connectivity index (χ2v) is 17.6. The maximum absolute atomic E-state index is 14.7. The lowest BCUT2D eigenvalue weighted by molar-refractivity contribution is 0.103. The number of benzene rings is 11. The van der Waals surface area contributed by atoms with E-state index in [-0.39, 0.29) is 11.6 Å². The predicted octanol–water partition coefficient (Wildman–Crippen LogP) is 17.9. The van der Waals surface area contributed by atoms with Crippen molar-refractivity contribution in [3.8, 4) is 22.3 Å². The van der Waals surface area contributed by atoms with Crippen molar-refractivity contribution in [1.82, 2.24) is 0 Å². The second-order valence-electron chi connectivity index (χ2n) is 17.6. The molecule has 348 valence electrons. The van der Waals surface area contributed by atoms with Gasteiger partial charge in [0, 0.05) is 73.2 Å². The number of hydrogen-bond acceptors (Lipinski definition) is 5. The summed E-state index contributed by atoms with van der Waals surface area (Å²) in [6.07, 6.45) is 0. The Morgan fingerprint density at radius 1 is 0.219 bits per heavy atom. The SMILES string of the molecule is O=C(c1cccc(-c2ccccc2N(c2ccccc2)c2ccccc2)c1)c1cccc(N(c2ccccc2)c2cccc(C(=O)c3cccc(-c4ccccc4N(c4ccccc4)c4ccccc4)c3)c2)c1. The van der Waals surface area contributed by atoms with Crippen LogP contribution in [0.1, 0.15) is 31.8 Å². The van der Waals surface area contributed by atoms with E-state index in [0.717, 1.165) is 73.4 Å². The monoisotopic (exact) mass is 939 g/mol. The third-order valence-corrected chi connectivity index (χ3v) is 13.0. The van der Waals surface area contributed by atoms with Crippen molar-refractivity contribution in [2.75, 3.05) is 14.7 Å². The topological polar surface area (TPSA) is 43.9 Å². The maximum atomic E-state index is 14.7. The fraction of sp³-hybridized carbons (Fsp3) is 0. The van der Waals surface area contributed by atoms with Gasteiger partial charge in [0.05, 0.1) is 11.4 Å². The molecule has 0 aromatic heterocycles. The number of rotatable bonds is 15. The first-order valence-electron chi connectivity index (χ1n) is 24.4. The molecule has 0 heterocycles. The Morgan fingerprint density at radius 2 is 0.479 bits per heavy atom. The molecular weight excluding hydrogens is 891 g/mol. The molecule has 0 saturated carbocycles. The summed E-state index contributed by atoms with van der Waals surface area (Å²) in [7, 11) is 0. The molecule has 0 atom stereocenters. The van der Waals surface area contributed by atoms with Crippen molar-refractivity contribution >= 4 is 62.8 Å². The molecule has 0 saturated heterocycles. The van der Waals surface area contributed by atoms with Crippen LogP contribution >= 0.6 is 0 Å². The fourth-order valence-electron chi connectivity index (χ4n) is 9.57. The van der Waals surface area contributed by atoms with Crippen molar-refractivity contribution in [3.63, 3.8) is 0 Å². The highest BCUT2D eigenvalue weighted by Crippen LogP contribution is 2.43. The first-order chi connectivity index (χ1) is 36.1. The lowest BCUT2D eigenvalue weighted by atomic mass is 9.96. The van der Waals surface area contributed by atoms with Crippen LogP contribution in [0, 0.1) is 0 Å². The molecule has 0 unspecified atom stereocenters. The lowest BCUT2D eigenvalue weighted by Crippen LogP contribution is -2.12. The van der Waals surface area contributed by atoms with Gasteiger partial charge in [0.1, 0.15) is 0 Å². The van der Waals surface area contributed by atoms with Gasteiger partial charge in [-0.2, -0.15) is 0 Å². The van der Waals surface area contributed by atoms with Gasteiger partial charge in [-0.15, -0.1) is 0 Å². The highest BCUT2D eigenvalue weighted by molar-refractivity contribution is 6.11. The smallest absolute Gasteiger partial charge is 0.193 e. The molecule has 73 heavy (non-hydrogen) atoms. The minimum Gasteiger partial charge on any atom is -0.310 e. The van der Waals surface area contributed by atoms with Crippen LogP contribution in [0.25, 0.3) is 22.3 Å². The zero-order valence-corrected chi connectivity index (χ0v) is 39.9. The van der Waals surface area contributed by atoms with Gasteiger partial charge < -0.3 is 14.7 Å². The average molecular weight is 940 g/mol. The fourth-order valence-corrected chi connectivity index (χ4v) is 9.57. The van der Waals surface area contributed by atoms with Crippen molar-refractivity contribution in [3.05, 3.63) is 320 Å². The van der Waals surface area contributed by atoms with E-state index in [2.05, 4.69) is 99.6 Å². The van der Waals surface area contributed by atoms with E-state index < -0.39 is 0 Å². The van der Waals surface area contributed by atoms with Gasteiger partial charge in [-0.05, 0) is 120 Å². The summed E-state index contributed by atoms with van der Waals surface area (Å²) in [6.45, 7) is 0. The van der Waals surface area contributed by atoms with Crippen molar-refractivity contribution in [2.45, 2.75) is 0 Å². The van der Waals surface area contributed by atoms with Crippen molar-refractivity contribution in [1.29, 1.82) is 0 Å². The molecule has 0 N–H and O–H groups in total. The maximum Gasteiger partial charge on any atom is 0.193 e. The lowest BCUT2D eigenvalue weighted by Gasteiger charge is -2.28. The molecule has 0 bridgehead atoms. The van der Waals surface area contributed by atoms with E-state index in [9.17, 15) is 9.59 Å². The number of nitrogens with zero attached hydrogens (tertiary/aromatic N) is 3. The minimum absolute atomic E-state index is 0.0989. The van der Waals surface area contributed by atoms with Gasteiger partial charge in [0.15, 0.2) is 11.6 Å². The van der Waals surface area contributed by atoms with Crippen LogP contribution < -0.4 is 14.7 Å². The molecule has 11 rings (SSSR count). The van der Waals surface area contributed by atoms with E-state index >= 15 is 0 Å². The first-order valence-corrected chi connectivity index (χ1v) is 24.4.